The van der Waals surface area contributed by atoms with Gasteiger partial charge < -0.3 is 5.11 Å². The van der Waals surface area contributed by atoms with Crippen LogP contribution in [0.3, 0.4) is 0 Å². The van der Waals surface area contributed by atoms with E-state index in [9.17, 15) is 9.50 Å². The van der Waals surface area contributed by atoms with E-state index in [2.05, 4.69) is 0 Å². The van der Waals surface area contributed by atoms with Crippen molar-refractivity contribution in [2.75, 3.05) is 0 Å². The summed E-state index contributed by atoms with van der Waals surface area (Å²) in [5.41, 5.74) is 1.73. The van der Waals surface area contributed by atoms with E-state index >= 15 is 0 Å². The molecule has 0 saturated carbocycles. The molecule has 0 aliphatic heterocycles. The maximum absolute atomic E-state index is 13.8. The molecule has 1 nitrogen and oxygen atoms in total. The summed E-state index contributed by atoms with van der Waals surface area (Å²) in [7, 11) is 9.96. The van der Waals surface area contributed by atoms with E-state index in [0.29, 0.717) is 5.30 Å². The van der Waals surface area contributed by atoms with Gasteiger partial charge in [-0.15, -0.1) is 0 Å². The first-order chi connectivity index (χ1) is 11.7. The number of phenolic OH excluding ortho intramolecular Hbond substituents is 1. The van der Waals surface area contributed by atoms with Gasteiger partial charge in [0.25, 0.3) is 0 Å². The maximum atomic E-state index is 13.8. The van der Waals surface area contributed by atoms with Crippen LogP contribution in [0.4, 0.5) is 4.39 Å². The topological polar surface area (TPSA) is 20.2 Å². The van der Waals surface area contributed by atoms with Gasteiger partial charge in [-0.2, -0.15) is 0 Å². The number of para-hydroxylation sites is 1. The Bertz CT molecular complexity index is 787. The molecule has 3 aromatic rings. The monoisotopic (exact) mass is 456 g/mol. The Morgan fingerprint density at radius 1 is 0.792 bits per heavy atom. The van der Waals surface area contributed by atoms with E-state index < -0.39 is 20.8 Å². The van der Waals surface area contributed by atoms with Crippen molar-refractivity contribution in [2.24, 2.45) is 0 Å². The molecule has 0 radical (unpaired) electrons. The van der Waals surface area contributed by atoms with Crippen LogP contribution in [0.5, 0.6) is 5.75 Å². The molecule has 0 spiro atoms. The Hall–Kier alpha value is -0.717. The van der Waals surface area contributed by atoms with Gasteiger partial charge in [-0.25, -0.2) is 4.39 Å². The molecular formula is C18H14Cl2FOPZr. The second kappa shape index (κ2) is 10.3. The average molecular weight is 458 g/mol. The number of aromatic hydroxyl groups is 1. The van der Waals surface area contributed by atoms with Crippen molar-refractivity contribution < 1.29 is 30.3 Å². The molecule has 0 heterocycles. The van der Waals surface area contributed by atoms with E-state index in [-0.39, 0.29) is 20.1 Å². The second-order valence-electron chi connectivity index (χ2n) is 4.74. The van der Waals surface area contributed by atoms with Crippen molar-refractivity contribution >= 4 is 36.2 Å². The number of hydrogen-bond acceptors (Lipinski definition) is 1. The molecule has 122 valence electrons. The van der Waals surface area contributed by atoms with Gasteiger partial charge in [0.2, 0.25) is 0 Å². The normalized spacial score (nSPS) is 10.3. The quantitative estimate of drug-likeness (QED) is 0.535. The first kappa shape index (κ1) is 19.6. The molecule has 0 bridgehead atoms. The first-order valence-electron chi connectivity index (χ1n) is 7.02. The van der Waals surface area contributed by atoms with E-state index in [1.54, 1.807) is 12.1 Å². The zero-order valence-corrected chi connectivity index (χ0v) is 17.5. The Morgan fingerprint density at radius 2 is 1.38 bits per heavy atom. The molecule has 1 N–H and O–H groups in total. The molecule has 0 fully saturated rings. The molecule has 0 aromatic heterocycles. The molecule has 1 atom stereocenters. The van der Waals surface area contributed by atoms with Gasteiger partial charge in [-0.1, -0.05) is 75.3 Å². The molecule has 1 unspecified atom stereocenters. The van der Waals surface area contributed by atoms with Crippen molar-refractivity contribution in [3.05, 3.63) is 78.6 Å². The van der Waals surface area contributed by atoms with Crippen LogP contribution in [0.1, 0.15) is 0 Å². The van der Waals surface area contributed by atoms with Gasteiger partial charge in [0.1, 0.15) is 11.6 Å². The fraction of sp³-hybridized carbons (Fsp3) is 0. The number of halogens is 3. The summed E-state index contributed by atoms with van der Waals surface area (Å²) in [6.45, 7) is 0. The van der Waals surface area contributed by atoms with Gasteiger partial charge in [0.05, 0.1) is 0 Å². The van der Waals surface area contributed by atoms with Crippen LogP contribution in [-0.4, -0.2) is 5.11 Å². The standard InChI is InChI=1S/C18H14FOP.2ClH.Zr/c19-15-10-4-5-11-16(15)21-17-12-6-9-14(18(17)20)13-7-2-1-3-8-13;;;/h1-12,20-21H;2*1H;/q;;;+2/p-2. The number of benzene rings is 3. The van der Waals surface area contributed by atoms with E-state index in [1.165, 1.54) is 6.07 Å². The summed E-state index contributed by atoms with van der Waals surface area (Å²) in [5.74, 6) is -0.00867. The van der Waals surface area contributed by atoms with E-state index in [0.717, 1.165) is 16.4 Å². The van der Waals surface area contributed by atoms with E-state index in [1.807, 2.05) is 54.6 Å². The second-order valence-corrected chi connectivity index (χ2v) is 9.80. The van der Waals surface area contributed by atoms with Gasteiger partial charge in [-0.3, -0.25) is 0 Å². The minimum atomic E-state index is -0.826. The van der Waals surface area contributed by atoms with Crippen molar-refractivity contribution in [2.45, 2.75) is 0 Å². The Kier molecular flexibility index (Phi) is 8.43. The van der Waals surface area contributed by atoms with Crippen LogP contribution in [0.15, 0.2) is 72.8 Å². The predicted molar refractivity (Wildman–Crippen MR) is 99.2 cm³/mol. The third-order valence-corrected chi connectivity index (χ3v) is 4.61. The molecule has 0 amide bonds. The van der Waals surface area contributed by atoms with E-state index in [4.69, 9.17) is 17.0 Å². The van der Waals surface area contributed by atoms with Crippen LogP contribution in [-0.2, 0) is 20.8 Å². The number of rotatable bonds is 3. The number of hydrogen-bond donors (Lipinski definition) is 1. The van der Waals surface area contributed by atoms with Gasteiger partial charge >= 0.3 is 37.9 Å². The zero-order valence-electron chi connectivity index (χ0n) is 12.5. The predicted octanol–water partition coefficient (Wildman–Crippen LogP) is 5.20. The van der Waals surface area contributed by atoms with Crippen molar-refractivity contribution in [3.8, 4) is 16.9 Å². The molecule has 3 aromatic carbocycles. The average Bonchev–Trinajstić information content (AvgIpc) is 2.60. The third kappa shape index (κ3) is 5.40. The van der Waals surface area contributed by atoms with Crippen molar-refractivity contribution in [1.82, 2.24) is 0 Å². The molecule has 24 heavy (non-hydrogen) atoms. The van der Waals surface area contributed by atoms with Gasteiger partial charge in [0, 0.05) is 16.2 Å². The molecular weight excluding hydrogens is 444 g/mol. The first-order valence-corrected chi connectivity index (χ1v) is 14.4. The third-order valence-electron chi connectivity index (χ3n) is 3.26. The molecule has 6 heteroatoms. The minimum absolute atomic E-state index is 0.0907. The molecule has 0 aliphatic carbocycles. The zero-order chi connectivity index (χ0) is 17.4. The van der Waals surface area contributed by atoms with Gasteiger partial charge in [0.15, 0.2) is 0 Å². The summed E-state index contributed by atoms with van der Waals surface area (Å²) in [5, 5.41) is 11.8. The molecule has 0 saturated heterocycles. The van der Waals surface area contributed by atoms with Gasteiger partial charge in [-0.05, 0) is 11.6 Å². The Morgan fingerprint density at radius 3 is 2.04 bits per heavy atom. The Labute approximate surface area is 161 Å². The summed E-state index contributed by atoms with van der Waals surface area (Å²) in [6.07, 6.45) is 0. The fourth-order valence-electron chi connectivity index (χ4n) is 2.20. The van der Waals surface area contributed by atoms with Crippen molar-refractivity contribution in [1.29, 1.82) is 0 Å². The Balaban J connectivity index is 0.000000647. The summed E-state index contributed by atoms with van der Waals surface area (Å²) in [4.78, 5) is 0. The van der Waals surface area contributed by atoms with Crippen LogP contribution in [0, 0.1) is 5.82 Å². The van der Waals surface area contributed by atoms with Crippen LogP contribution < -0.4 is 10.6 Å². The molecule has 3 rings (SSSR count). The summed E-state index contributed by atoms with van der Waals surface area (Å²) < 4.78 is 13.8. The fourth-order valence-corrected chi connectivity index (χ4v) is 3.31. The van der Waals surface area contributed by atoms with Crippen LogP contribution in [0.25, 0.3) is 11.1 Å². The summed E-state index contributed by atoms with van der Waals surface area (Å²) in [6, 6.07) is 22.0. The summed E-state index contributed by atoms with van der Waals surface area (Å²) >= 11 is -0.826. The molecule has 0 aliphatic rings. The van der Waals surface area contributed by atoms with Crippen LogP contribution >= 0.6 is 25.6 Å². The van der Waals surface area contributed by atoms with Crippen LogP contribution in [0.2, 0.25) is 0 Å². The number of phenols is 1. The SMILES string of the molecule is Oc1c(Pc2ccccc2F)cccc1-c1ccccc1.[Cl][Zr][Cl]. The van der Waals surface area contributed by atoms with Crippen molar-refractivity contribution in [3.63, 3.8) is 0 Å².